The van der Waals surface area contributed by atoms with E-state index in [1.807, 2.05) is 11.4 Å². The molecule has 0 saturated carbocycles. The first-order valence-electron chi connectivity index (χ1n) is 7.20. The SMILES string of the molecule is CC(C)c1nnc(NC(=O)c2cc3sccc3n2C(C)C)s1. The number of anilines is 1. The lowest BCUT2D eigenvalue weighted by atomic mass is 10.2. The molecule has 0 saturated heterocycles. The summed E-state index contributed by atoms with van der Waals surface area (Å²) in [6.07, 6.45) is 0. The van der Waals surface area contributed by atoms with Gasteiger partial charge in [-0.1, -0.05) is 25.2 Å². The van der Waals surface area contributed by atoms with Crippen molar-refractivity contribution in [3.63, 3.8) is 0 Å². The standard InChI is InChI=1S/C15H18N4OS2/c1-8(2)14-17-18-15(22-14)16-13(20)11-7-12-10(5-6-21-12)19(11)9(3)4/h5-9H,1-4H3,(H,16,18,20). The minimum atomic E-state index is -0.136. The highest BCUT2D eigenvalue weighted by Gasteiger charge is 2.19. The van der Waals surface area contributed by atoms with E-state index in [9.17, 15) is 4.79 Å². The van der Waals surface area contributed by atoms with Crippen molar-refractivity contribution >= 4 is 43.9 Å². The molecule has 5 nitrogen and oxygen atoms in total. The predicted molar refractivity (Wildman–Crippen MR) is 92.2 cm³/mol. The summed E-state index contributed by atoms with van der Waals surface area (Å²) >= 11 is 3.07. The fourth-order valence-corrected chi connectivity index (χ4v) is 3.91. The largest absolute Gasteiger partial charge is 0.333 e. The van der Waals surface area contributed by atoms with Crippen LogP contribution < -0.4 is 5.32 Å². The second-order valence-corrected chi connectivity index (χ2v) is 7.67. The van der Waals surface area contributed by atoms with E-state index in [1.54, 1.807) is 11.3 Å². The van der Waals surface area contributed by atoms with E-state index in [0.29, 0.717) is 16.7 Å². The predicted octanol–water partition coefficient (Wildman–Crippen LogP) is 4.51. The van der Waals surface area contributed by atoms with Crippen LogP contribution in [0.5, 0.6) is 0 Å². The van der Waals surface area contributed by atoms with E-state index in [0.717, 1.165) is 15.2 Å². The summed E-state index contributed by atoms with van der Waals surface area (Å²) in [4.78, 5) is 12.6. The first-order valence-corrected chi connectivity index (χ1v) is 8.90. The number of rotatable bonds is 4. The van der Waals surface area contributed by atoms with Crippen molar-refractivity contribution in [3.8, 4) is 0 Å². The topological polar surface area (TPSA) is 59.8 Å². The van der Waals surface area contributed by atoms with Crippen molar-refractivity contribution < 1.29 is 4.79 Å². The lowest BCUT2D eigenvalue weighted by Crippen LogP contribution is -2.18. The summed E-state index contributed by atoms with van der Waals surface area (Å²) in [5.74, 6) is 0.177. The fourth-order valence-electron chi connectivity index (χ4n) is 2.36. The number of aromatic nitrogens is 3. The number of carbonyl (C=O) groups excluding carboxylic acids is 1. The minimum absolute atomic E-state index is 0.136. The van der Waals surface area contributed by atoms with E-state index in [4.69, 9.17) is 0 Å². The Hall–Kier alpha value is -1.73. The average molecular weight is 334 g/mol. The van der Waals surface area contributed by atoms with Crippen molar-refractivity contribution in [2.24, 2.45) is 0 Å². The van der Waals surface area contributed by atoms with Gasteiger partial charge >= 0.3 is 0 Å². The number of nitrogens with zero attached hydrogens (tertiary/aromatic N) is 3. The molecular formula is C15H18N4OS2. The smallest absolute Gasteiger partial charge is 0.274 e. The van der Waals surface area contributed by atoms with Gasteiger partial charge in [-0.3, -0.25) is 10.1 Å². The van der Waals surface area contributed by atoms with Crippen LogP contribution >= 0.6 is 22.7 Å². The van der Waals surface area contributed by atoms with Crippen LogP contribution in [0.1, 0.15) is 55.2 Å². The second-order valence-electron chi connectivity index (χ2n) is 5.72. The molecule has 1 amide bonds. The van der Waals surface area contributed by atoms with Crippen molar-refractivity contribution in [2.45, 2.75) is 39.7 Å². The zero-order chi connectivity index (χ0) is 15.9. The molecule has 3 heterocycles. The molecule has 0 aliphatic carbocycles. The summed E-state index contributed by atoms with van der Waals surface area (Å²) in [6, 6.07) is 4.21. The molecule has 0 aliphatic heterocycles. The van der Waals surface area contributed by atoms with Crippen LogP contribution in [-0.4, -0.2) is 20.7 Å². The third-order valence-corrected chi connectivity index (χ3v) is 5.36. The molecule has 0 bridgehead atoms. The second kappa shape index (κ2) is 5.81. The summed E-state index contributed by atoms with van der Waals surface area (Å²) in [5, 5.41) is 14.5. The van der Waals surface area contributed by atoms with Crippen molar-refractivity contribution in [3.05, 3.63) is 28.2 Å². The Morgan fingerprint density at radius 3 is 2.68 bits per heavy atom. The van der Waals surface area contributed by atoms with Crippen LogP contribution in [0.4, 0.5) is 5.13 Å². The van der Waals surface area contributed by atoms with Gasteiger partial charge < -0.3 is 4.57 Å². The molecule has 1 N–H and O–H groups in total. The van der Waals surface area contributed by atoms with Crippen LogP contribution in [0.3, 0.4) is 0 Å². The maximum absolute atomic E-state index is 12.6. The summed E-state index contributed by atoms with van der Waals surface area (Å²) < 4.78 is 3.19. The molecule has 22 heavy (non-hydrogen) atoms. The molecule has 0 aromatic carbocycles. The molecule has 116 valence electrons. The number of hydrogen-bond acceptors (Lipinski definition) is 5. The molecular weight excluding hydrogens is 316 g/mol. The van der Waals surface area contributed by atoms with Gasteiger partial charge in [0, 0.05) is 12.0 Å². The van der Waals surface area contributed by atoms with Gasteiger partial charge in [-0.2, -0.15) is 0 Å². The molecule has 3 aromatic rings. The highest BCUT2D eigenvalue weighted by atomic mass is 32.1. The van der Waals surface area contributed by atoms with Crippen LogP contribution in [0.2, 0.25) is 0 Å². The van der Waals surface area contributed by atoms with Crippen LogP contribution in [0.15, 0.2) is 17.5 Å². The summed E-state index contributed by atoms with van der Waals surface area (Å²) in [7, 11) is 0. The Bertz CT molecular complexity index is 813. The first kappa shape index (κ1) is 15.2. The molecule has 0 radical (unpaired) electrons. The number of fused-ring (bicyclic) bond motifs is 1. The van der Waals surface area contributed by atoms with E-state index >= 15 is 0 Å². The monoisotopic (exact) mass is 334 g/mol. The third-order valence-electron chi connectivity index (χ3n) is 3.36. The lowest BCUT2D eigenvalue weighted by molar-refractivity contribution is 0.101. The van der Waals surface area contributed by atoms with Gasteiger partial charge in [-0.15, -0.1) is 21.5 Å². The van der Waals surface area contributed by atoms with E-state index in [1.165, 1.54) is 11.3 Å². The number of thiophene rings is 1. The van der Waals surface area contributed by atoms with Crippen molar-refractivity contribution in [1.29, 1.82) is 0 Å². The maximum atomic E-state index is 12.6. The average Bonchev–Trinajstić information content (AvgIpc) is 3.11. The van der Waals surface area contributed by atoms with Crippen LogP contribution in [0.25, 0.3) is 10.2 Å². The lowest BCUT2D eigenvalue weighted by Gasteiger charge is -2.13. The van der Waals surface area contributed by atoms with Crippen LogP contribution in [-0.2, 0) is 0 Å². The first-order chi connectivity index (χ1) is 10.5. The highest BCUT2D eigenvalue weighted by molar-refractivity contribution is 7.17. The number of hydrogen-bond donors (Lipinski definition) is 1. The van der Waals surface area contributed by atoms with Gasteiger partial charge in [0.25, 0.3) is 5.91 Å². The van der Waals surface area contributed by atoms with E-state index in [-0.39, 0.29) is 11.9 Å². The van der Waals surface area contributed by atoms with Gasteiger partial charge in [0.05, 0.1) is 10.2 Å². The molecule has 7 heteroatoms. The molecule has 0 spiro atoms. The van der Waals surface area contributed by atoms with Crippen molar-refractivity contribution in [2.75, 3.05) is 5.32 Å². The third kappa shape index (κ3) is 2.66. The summed E-state index contributed by atoms with van der Waals surface area (Å²) in [6.45, 7) is 8.28. The zero-order valence-electron chi connectivity index (χ0n) is 13.0. The Kier molecular flexibility index (Phi) is 4.01. The molecule has 3 rings (SSSR count). The summed E-state index contributed by atoms with van der Waals surface area (Å²) in [5.41, 5.74) is 1.77. The van der Waals surface area contributed by atoms with E-state index in [2.05, 4.69) is 53.8 Å². The quantitative estimate of drug-likeness (QED) is 0.763. The van der Waals surface area contributed by atoms with Crippen LogP contribution in [0, 0.1) is 0 Å². The molecule has 0 aliphatic rings. The van der Waals surface area contributed by atoms with Gasteiger partial charge in [0.1, 0.15) is 10.7 Å². The molecule has 3 aromatic heterocycles. The molecule has 0 atom stereocenters. The Morgan fingerprint density at radius 2 is 2.05 bits per heavy atom. The number of carbonyl (C=O) groups is 1. The fraction of sp³-hybridized carbons (Fsp3) is 0.400. The van der Waals surface area contributed by atoms with E-state index < -0.39 is 0 Å². The van der Waals surface area contributed by atoms with Gasteiger partial charge in [-0.05, 0) is 31.4 Å². The van der Waals surface area contributed by atoms with Crippen molar-refractivity contribution in [1.82, 2.24) is 14.8 Å². The number of amides is 1. The zero-order valence-corrected chi connectivity index (χ0v) is 14.6. The Morgan fingerprint density at radius 1 is 1.27 bits per heavy atom. The minimum Gasteiger partial charge on any atom is -0.333 e. The normalized spacial score (nSPS) is 11.7. The van der Waals surface area contributed by atoms with Gasteiger partial charge in [-0.25, -0.2) is 0 Å². The van der Waals surface area contributed by atoms with Gasteiger partial charge in [0.2, 0.25) is 5.13 Å². The Balaban J connectivity index is 1.91. The number of nitrogens with one attached hydrogen (secondary N) is 1. The highest BCUT2D eigenvalue weighted by Crippen LogP contribution is 2.29. The Labute approximate surface area is 137 Å². The maximum Gasteiger partial charge on any atom is 0.274 e. The molecule has 0 fully saturated rings. The molecule has 0 unspecified atom stereocenters. The van der Waals surface area contributed by atoms with Gasteiger partial charge in [0.15, 0.2) is 0 Å².